The van der Waals surface area contributed by atoms with Gasteiger partial charge in [0.25, 0.3) is 5.91 Å². The first-order valence-electron chi connectivity index (χ1n) is 10.5. The Morgan fingerprint density at radius 2 is 2.00 bits per heavy atom. The maximum atomic E-state index is 12.7. The molecule has 1 heterocycles. The van der Waals surface area contributed by atoms with Crippen LogP contribution in [0.3, 0.4) is 0 Å². The number of carbonyl (C=O) groups is 1. The van der Waals surface area contributed by atoms with E-state index in [1.807, 2.05) is 24.5 Å². The van der Waals surface area contributed by atoms with Gasteiger partial charge >= 0.3 is 0 Å². The highest BCUT2D eigenvalue weighted by Crippen LogP contribution is 2.62. The number of rotatable bonds is 5. The molecule has 1 aromatic heterocycles. The molecule has 0 spiro atoms. The Bertz CT molecular complexity index is 1130. The standard InChI is InChI=1S/C24H23ClN4O/c1-2-20(28-24(30)15-5-3-14(12-26)4-6-15)23-18-10-17(11-19(18)23)29-13-27-21-8-7-16(25)9-22(21)29/h3-9,13,17-20,23H,2,10-11H2,1H3,(H,28,30)/t17?,18-,19+,20-,23?/m1/s1. The Morgan fingerprint density at radius 3 is 2.67 bits per heavy atom. The molecule has 6 heteroatoms. The lowest BCUT2D eigenvalue weighted by atomic mass is 9.98. The number of nitrogens with zero attached hydrogens (tertiary/aromatic N) is 3. The van der Waals surface area contributed by atoms with Crippen LogP contribution in [0.4, 0.5) is 0 Å². The van der Waals surface area contributed by atoms with Crippen LogP contribution >= 0.6 is 11.6 Å². The smallest absolute Gasteiger partial charge is 0.251 e. The van der Waals surface area contributed by atoms with Gasteiger partial charge in [-0.1, -0.05) is 18.5 Å². The number of halogens is 1. The van der Waals surface area contributed by atoms with E-state index in [1.165, 1.54) is 0 Å². The highest BCUT2D eigenvalue weighted by molar-refractivity contribution is 6.31. The van der Waals surface area contributed by atoms with Gasteiger partial charge in [0.15, 0.2) is 0 Å². The van der Waals surface area contributed by atoms with E-state index in [-0.39, 0.29) is 11.9 Å². The van der Waals surface area contributed by atoms with Crippen molar-refractivity contribution in [3.63, 3.8) is 0 Å². The monoisotopic (exact) mass is 418 g/mol. The Hall–Kier alpha value is -2.84. The average Bonchev–Trinajstić information content (AvgIpc) is 3.09. The Balaban J connectivity index is 1.24. The van der Waals surface area contributed by atoms with Gasteiger partial charge in [-0.15, -0.1) is 0 Å². The van der Waals surface area contributed by atoms with Gasteiger partial charge in [0.2, 0.25) is 0 Å². The van der Waals surface area contributed by atoms with Crippen LogP contribution in [0.5, 0.6) is 0 Å². The SMILES string of the molecule is CC[C@@H](NC(=O)c1ccc(C#N)cc1)C1[C@H]2CC(n3cnc4ccc(Cl)cc43)C[C@@H]12. The van der Waals surface area contributed by atoms with Crippen LogP contribution in [0, 0.1) is 29.1 Å². The van der Waals surface area contributed by atoms with Crippen molar-refractivity contribution in [2.75, 3.05) is 0 Å². The van der Waals surface area contributed by atoms with Crippen LogP contribution in [0.1, 0.15) is 48.1 Å². The van der Waals surface area contributed by atoms with E-state index in [4.69, 9.17) is 16.9 Å². The van der Waals surface area contributed by atoms with Crippen molar-refractivity contribution in [3.05, 3.63) is 64.9 Å². The molecule has 30 heavy (non-hydrogen) atoms. The number of hydrogen-bond acceptors (Lipinski definition) is 3. The largest absolute Gasteiger partial charge is 0.349 e. The van der Waals surface area contributed by atoms with Gasteiger partial charge in [-0.2, -0.15) is 5.26 Å². The normalized spacial score (nSPS) is 25.5. The molecule has 5 atom stereocenters. The maximum Gasteiger partial charge on any atom is 0.251 e. The van der Waals surface area contributed by atoms with Gasteiger partial charge in [-0.25, -0.2) is 4.98 Å². The maximum absolute atomic E-state index is 12.7. The third-order valence-corrected chi connectivity index (χ3v) is 7.15. The quantitative estimate of drug-likeness (QED) is 0.636. The minimum Gasteiger partial charge on any atom is -0.349 e. The van der Waals surface area contributed by atoms with Crippen LogP contribution in [0.15, 0.2) is 48.8 Å². The lowest BCUT2D eigenvalue weighted by molar-refractivity contribution is 0.0927. The van der Waals surface area contributed by atoms with Crippen molar-refractivity contribution >= 4 is 28.5 Å². The summed E-state index contributed by atoms with van der Waals surface area (Å²) in [4.78, 5) is 17.2. The number of benzene rings is 2. The second-order valence-corrected chi connectivity index (χ2v) is 8.93. The van der Waals surface area contributed by atoms with Gasteiger partial charge < -0.3 is 9.88 Å². The summed E-state index contributed by atoms with van der Waals surface area (Å²) < 4.78 is 2.28. The second-order valence-electron chi connectivity index (χ2n) is 8.49. The molecule has 2 unspecified atom stereocenters. The van der Waals surface area contributed by atoms with Gasteiger partial charge in [0.1, 0.15) is 0 Å². The molecule has 2 saturated carbocycles. The topological polar surface area (TPSA) is 70.7 Å². The fourth-order valence-electron chi connectivity index (χ4n) is 5.40. The number of aromatic nitrogens is 2. The van der Waals surface area contributed by atoms with Crippen molar-refractivity contribution in [2.45, 2.75) is 38.3 Å². The first kappa shape index (κ1) is 19.1. The first-order valence-corrected chi connectivity index (χ1v) is 10.9. The molecule has 5 rings (SSSR count). The molecule has 1 N–H and O–H groups in total. The van der Waals surface area contributed by atoms with Crippen molar-refractivity contribution in [2.24, 2.45) is 17.8 Å². The predicted molar refractivity (Wildman–Crippen MR) is 116 cm³/mol. The molecule has 0 bridgehead atoms. The average molecular weight is 419 g/mol. The predicted octanol–water partition coefficient (Wildman–Crippen LogP) is 4.97. The Morgan fingerprint density at radius 1 is 1.27 bits per heavy atom. The second kappa shape index (κ2) is 7.45. The van der Waals surface area contributed by atoms with Crippen LogP contribution in [0.25, 0.3) is 11.0 Å². The fourth-order valence-corrected chi connectivity index (χ4v) is 5.56. The van der Waals surface area contributed by atoms with Crippen LogP contribution in [0.2, 0.25) is 5.02 Å². The van der Waals surface area contributed by atoms with Crippen molar-refractivity contribution in [1.82, 2.24) is 14.9 Å². The van der Waals surface area contributed by atoms with Gasteiger partial charge in [0.05, 0.1) is 29.0 Å². The molecule has 0 saturated heterocycles. The number of hydrogen-bond donors (Lipinski definition) is 1. The number of nitriles is 1. The van der Waals surface area contributed by atoms with Crippen LogP contribution < -0.4 is 5.32 Å². The summed E-state index contributed by atoms with van der Waals surface area (Å²) in [6.45, 7) is 2.14. The molecule has 2 aliphatic carbocycles. The number of carbonyl (C=O) groups excluding carboxylic acids is 1. The number of amides is 1. The summed E-state index contributed by atoms with van der Waals surface area (Å²) in [6, 6.07) is 15.4. The molecule has 2 aliphatic rings. The van der Waals surface area contributed by atoms with E-state index >= 15 is 0 Å². The fraction of sp³-hybridized carbons (Fsp3) is 0.375. The molecule has 2 aromatic carbocycles. The van der Waals surface area contributed by atoms with E-state index < -0.39 is 0 Å². The van der Waals surface area contributed by atoms with Crippen LogP contribution in [-0.4, -0.2) is 21.5 Å². The molecule has 2 fully saturated rings. The highest BCUT2D eigenvalue weighted by Gasteiger charge is 2.59. The molecular weight excluding hydrogens is 396 g/mol. The van der Waals surface area contributed by atoms with Gasteiger partial charge in [-0.05, 0) is 79.5 Å². The lowest BCUT2D eigenvalue weighted by Gasteiger charge is -2.22. The summed E-state index contributed by atoms with van der Waals surface area (Å²) in [5.74, 6) is 1.80. The molecule has 3 aromatic rings. The summed E-state index contributed by atoms with van der Waals surface area (Å²) in [6.07, 6.45) is 5.11. The van der Waals surface area contributed by atoms with E-state index in [0.717, 1.165) is 35.3 Å². The highest BCUT2D eigenvalue weighted by atomic mass is 35.5. The zero-order chi connectivity index (χ0) is 20.8. The summed E-state index contributed by atoms with van der Waals surface area (Å²) >= 11 is 6.19. The van der Waals surface area contributed by atoms with Gasteiger partial charge in [0, 0.05) is 22.7 Å². The molecule has 0 radical (unpaired) electrons. The lowest BCUT2D eigenvalue weighted by Crippen LogP contribution is -2.37. The summed E-state index contributed by atoms with van der Waals surface area (Å²) in [5.41, 5.74) is 3.26. The molecule has 0 aliphatic heterocycles. The summed E-state index contributed by atoms with van der Waals surface area (Å²) in [5, 5.41) is 12.9. The number of imidazole rings is 1. The minimum atomic E-state index is -0.0527. The number of fused-ring (bicyclic) bond motifs is 2. The first-order chi connectivity index (χ1) is 14.6. The van der Waals surface area contributed by atoms with E-state index in [0.29, 0.717) is 34.9 Å². The molecular formula is C24H23ClN4O. The minimum absolute atomic E-state index is 0.0527. The molecule has 1 amide bonds. The van der Waals surface area contributed by atoms with Crippen molar-refractivity contribution in [3.8, 4) is 6.07 Å². The zero-order valence-corrected chi connectivity index (χ0v) is 17.5. The summed E-state index contributed by atoms with van der Waals surface area (Å²) in [7, 11) is 0. The third kappa shape index (κ3) is 3.26. The van der Waals surface area contributed by atoms with Crippen molar-refractivity contribution in [1.29, 1.82) is 5.26 Å². The third-order valence-electron chi connectivity index (χ3n) is 6.91. The molecule has 5 nitrogen and oxygen atoms in total. The van der Waals surface area contributed by atoms with Gasteiger partial charge in [-0.3, -0.25) is 4.79 Å². The van der Waals surface area contributed by atoms with E-state index in [1.54, 1.807) is 24.3 Å². The zero-order valence-electron chi connectivity index (χ0n) is 16.8. The Labute approximate surface area is 180 Å². The van der Waals surface area contributed by atoms with E-state index in [9.17, 15) is 4.79 Å². The van der Waals surface area contributed by atoms with E-state index in [2.05, 4.69) is 27.9 Å². The van der Waals surface area contributed by atoms with Crippen LogP contribution in [-0.2, 0) is 0 Å². The molecule has 152 valence electrons. The number of nitrogens with one attached hydrogen (secondary N) is 1. The Kier molecular flexibility index (Phi) is 4.75. The van der Waals surface area contributed by atoms with Crippen molar-refractivity contribution < 1.29 is 4.79 Å².